The van der Waals surface area contributed by atoms with Crippen molar-refractivity contribution >= 4 is 18.0 Å². The monoisotopic (exact) mass is 366 g/mol. The first-order chi connectivity index (χ1) is 13.1. The molecule has 0 aromatic heterocycles. The van der Waals surface area contributed by atoms with E-state index in [2.05, 4.69) is 10.9 Å². The topological polar surface area (TPSA) is 91.0 Å². The molecule has 2 aromatic rings. The van der Waals surface area contributed by atoms with Crippen LogP contribution in [-0.2, 0) is 27.4 Å². The lowest BCUT2D eigenvalue weighted by Crippen LogP contribution is -2.49. The quantitative estimate of drug-likeness (QED) is 0.584. The van der Waals surface area contributed by atoms with Gasteiger partial charge in [-0.1, -0.05) is 60.7 Å². The molecular formula is C19H18N4O4. The molecular weight excluding hydrogens is 348 g/mol. The maximum atomic E-state index is 12.8. The van der Waals surface area contributed by atoms with Crippen LogP contribution in [0.1, 0.15) is 11.1 Å². The minimum Gasteiger partial charge on any atom is -0.390 e. The Balaban J connectivity index is 1.51. The maximum absolute atomic E-state index is 12.8. The summed E-state index contributed by atoms with van der Waals surface area (Å²) < 4.78 is 4.75. The van der Waals surface area contributed by atoms with E-state index in [0.717, 1.165) is 11.1 Å². The lowest BCUT2D eigenvalue weighted by Gasteiger charge is -2.22. The molecule has 2 aliphatic heterocycles. The van der Waals surface area contributed by atoms with Gasteiger partial charge < -0.3 is 4.74 Å². The number of cyclic esters (lactones) is 2. The van der Waals surface area contributed by atoms with Crippen molar-refractivity contribution in [2.24, 2.45) is 0 Å². The van der Waals surface area contributed by atoms with Crippen LogP contribution in [0.2, 0.25) is 0 Å². The summed E-state index contributed by atoms with van der Waals surface area (Å²) in [6.45, 7) is 0.674. The van der Waals surface area contributed by atoms with Crippen molar-refractivity contribution in [2.75, 3.05) is 0 Å². The van der Waals surface area contributed by atoms with Crippen molar-refractivity contribution in [1.82, 2.24) is 20.9 Å². The number of carbonyl (C=O) groups is 3. The maximum Gasteiger partial charge on any atom is 0.350 e. The van der Waals surface area contributed by atoms with Crippen LogP contribution < -0.4 is 10.9 Å². The average molecular weight is 366 g/mol. The molecule has 0 saturated carbocycles. The Labute approximate surface area is 155 Å². The van der Waals surface area contributed by atoms with E-state index in [0.29, 0.717) is 13.1 Å². The number of hydrogen-bond donors (Lipinski definition) is 2. The van der Waals surface area contributed by atoms with Crippen molar-refractivity contribution < 1.29 is 19.1 Å². The number of rotatable bonds is 6. The number of nitrogens with one attached hydrogen (secondary N) is 2. The third-order valence-corrected chi connectivity index (χ3v) is 4.54. The predicted molar refractivity (Wildman–Crippen MR) is 94.3 cm³/mol. The Morgan fingerprint density at radius 1 is 0.704 bits per heavy atom. The van der Waals surface area contributed by atoms with Gasteiger partial charge in [0.25, 0.3) is 0 Å². The molecule has 2 N–H and O–H groups in total. The van der Waals surface area contributed by atoms with Gasteiger partial charge in [0.15, 0.2) is 12.1 Å². The molecule has 2 amide bonds. The number of hydrazine groups is 2. The van der Waals surface area contributed by atoms with Gasteiger partial charge in [-0.2, -0.15) is 0 Å². The number of carbonyl (C=O) groups excluding carboxylic acids is 3. The molecule has 0 aliphatic carbocycles. The summed E-state index contributed by atoms with van der Waals surface area (Å²) in [5.74, 6) is -1.47. The smallest absolute Gasteiger partial charge is 0.350 e. The van der Waals surface area contributed by atoms with E-state index in [1.54, 1.807) is 0 Å². The van der Waals surface area contributed by atoms with Gasteiger partial charge in [0.1, 0.15) is 0 Å². The highest BCUT2D eigenvalue weighted by Gasteiger charge is 2.60. The van der Waals surface area contributed by atoms with E-state index < -0.39 is 30.1 Å². The van der Waals surface area contributed by atoms with Crippen LogP contribution in [0.5, 0.6) is 0 Å². The first kappa shape index (κ1) is 17.2. The Morgan fingerprint density at radius 3 is 1.52 bits per heavy atom. The molecule has 2 fully saturated rings. The number of benzene rings is 2. The van der Waals surface area contributed by atoms with E-state index in [-0.39, 0.29) is 0 Å². The molecule has 2 aliphatic rings. The molecule has 0 spiro atoms. The summed E-state index contributed by atoms with van der Waals surface area (Å²) >= 11 is 0. The first-order valence-electron chi connectivity index (χ1n) is 8.58. The molecule has 4 rings (SSSR count). The molecule has 8 heteroatoms. The highest BCUT2D eigenvalue weighted by atomic mass is 16.6. The Kier molecular flexibility index (Phi) is 4.57. The summed E-state index contributed by atoms with van der Waals surface area (Å²) in [5, 5.41) is 2.34. The Bertz CT molecular complexity index is 789. The average Bonchev–Trinajstić information content (AvgIpc) is 3.14. The zero-order chi connectivity index (χ0) is 18.8. The molecule has 2 heterocycles. The number of hydrogen-bond acceptors (Lipinski definition) is 6. The SMILES string of the molecule is O=C1OC(=O)[C@H]2[C@@H]1N(NCc1ccccc1)C(=O)N2NCc1ccccc1. The molecule has 2 atom stereocenters. The van der Waals surface area contributed by atoms with Gasteiger partial charge in [-0.3, -0.25) is 0 Å². The standard InChI is InChI=1S/C19H18N4O4/c24-17-15-16(18(25)27-17)23(21-12-14-9-5-2-6-10-14)19(26)22(15)20-11-13-7-3-1-4-8-13/h1-10,15-16,20-21H,11-12H2/t15-,16+. The summed E-state index contributed by atoms with van der Waals surface area (Å²) in [6.07, 6.45) is 0. The number of urea groups is 1. The lowest BCUT2D eigenvalue weighted by atomic mass is 10.2. The summed E-state index contributed by atoms with van der Waals surface area (Å²) in [6, 6.07) is 16.4. The summed E-state index contributed by atoms with van der Waals surface area (Å²) in [5.41, 5.74) is 7.77. The molecule has 138 valence electrons. The Morgan fingerprint density at radius 2 is 1.11 bits per heavy atom. The predicted octanol–water partition coefficient (Wildman–Crippen LogP) is 0.954. The van der Waals surface area contributed by atoms with Crippen LogP contribution in [0.4, 0.5) is 4.79 Å². The number of ether oxygens (including phenoxy) is 1. The van der Waals surface area contributed by atoms with Gasteiger partial charge in [0, 0.05) is 13.1 Å². The van der Waals surface area contributed by atoms with E-state index >= 15 is 0 Å². The van der Waals surface area contributed by atoms with Crippen LogP contribution in [0.25, 0.3) is 0 Å². The summed E-state index contributed by atoms with van der Waals surface area (Å²) in [7, 11) is 0. The molecule has 8 nitrogen and oxygen atoms in total. The van der Waals surface area contributed by atoms with Gasteiger partial charge in [0.05, 0.1) is 0 Å². The second-order valence-corrected chi connectivity index (χ2v) is 6.29. The van der Waals surface area contributed by atoms with Crippen LogP contribution in [-0.4, -0.2) is 40.1 Å². The van der Waals surface area contributed by atoms with Crippen molar-refractivity contribution in [1.29, 1.82) is 0 Å². The minimum atomic E-state index is -1.02. The van der Waals surface area contributed by atoms with E-state index in [9.17, 15) is 14.4 Å². The fourth-order valence-corrected chi connectivity index (χ4v) is 3.20. The van der Waals surface area contributed by atoms with Gasteiger partial charge in [0.2, 0.25) is 0 Å². The second kappa shape index (κ2) is 7.18. The van der Waals surface area contributed by atoms with Gasteiger partial charge in [-0.15, -0.1) is 0 Å². The fourth-order valence-electron chi connectivity index (χ4n) is 3.20. The zero-order valence-corrected chi connectivity index (χ0v) is 14.4. The third-order valence-electron chi connectivity index (χ3n) is 4.54. The van der Waals surface area contributed by atoms with Gasteiger partial charge in [-0.25, -0.2) is 35.3 Å². The highest BCUT2D eigenvalue weighted by Crippen LogP contribution is 2.27. The molecule has 0 radical (unpaired) electrons. The van der Waals surface area contributed by atoms with Crippen LogP contribution >= 0.6 is 0 Å². The largest absolute Gasteiger partial charge is 0.390 e. The number of fused-ring (bicyclic) bond motifs is 1. The minimum absolute atomic E-state index is 0.337. The van der Waals surface area contributed by atoms with Crippen molar-refractivity contribution in [3.05, 3.63) is 71.8 Å². The van der Waals surface area contributed by atoms with Crippen molar-refractivity contribution in [2.45, 2.75) is 25.2 Å². The second-order valence-electron chi connectivity index (χ2n) is 6.29. The van der Waals surface area contributed by atoms with E-state index in [1.165, 1.54) is 10.0 Å². The molecule has 0 bridgehead atoms. The number of amides is 2. The summed E-state index contributed by atoms with van der Waals surface area (Å²) in [4.78, 5) is 37.1. The van der Waals surface area contributed by atoms with Crippen LogP contribution in [0.15, 0.2) is 60.7 Å². The lowest BCUT2D eigenvalue weighted by molar-refractivity contribution is -0.155. The van der Waals surface area contributed by atoms with E-state index in [4.69, 9.17) is 4.74 Å². The number of nitrogens with zero attached hydrogens (tertiary/aromatic N) is 2. The Hall–Kier alpha value is -3.23. The van der Waals surface area contributed by atoms with Crippen molar-refractivity contribution in [3.63, 3.8) is 0 Å². The molecule has 2 aromatic carbocycles. The zero-order valence-electron chi connectivity index (χ0n) is 14.4. The van der Waals surface area contributed by atoms with Crippen molar-refractivity contribution in [3.8, 4) is 0 Å². The molecule has 0 unspecified atom stereocenters. The van der Waals surface area contributed by atoms with E-state index in [1.807, 2.05) is 60.7 Å². The number of esters is 2. The molecule has 27 heavy (non-hydrogen) atoms. The fraction of sp³-hybridized carbons (Fsp3) is 0.211. The van der Waals surface area contributed by atoms with Gasteiger partial charge >= 0.3 is 18.0 Å². The normalized spacial score (nSPS) is 21.6. The highest BCUT2D eigenvalue weighted by molar-refractivity contribution is 6.06. The first-order valence-corrected chi connectivity index (χ1v) is 8.58. The third kappa shape index (κ3) is 3.27. The van der Waals surface area contributed by atoms with Crippen LogP contribution in [0, 0.1) is 0 Å². The van der Waals surface area contributed by atoms with Gasteiger partial charge in [-0.05, 0) is 11.1 Å². The molecule has 2 saturated heterocycles. The van der Waals surface area contributed by atoms with Crippen LogP contribution in [0.3, 0.4) is 0 Å².